The first-order valence-electron chi connectivity index (χ1n) is 19.4. The lowest BCUT2D eigenvalue weighted by Crippen LogP contribution is -1.91. The third kappa shape index (κ3) is 4.40. The zero-order valence-electron chi connectivity index (χ0n) is 30.5. The molecule has 3 heteroatoms. The van der Waals surface area contributed by atoms with Crippen molar-refractivity contribution in [3.8, 4) is 33.4 Å². The van der Waals surface area contributed by atoms with E-state index < -0.39 is 0 Å². The van der Waals surface area contributed by atoms with Crippen LogP contribution in [0.25, 0.3) is 130 Å². The minimum Gasteiger partial charge on any atom is -0.456 e. The van der Waals surface area contributed by atoms with Crippen LogP contribution in [0, 0.1) is 0 Å². The van der Waals surface area contributed by atoms with Crippen LogP contribution in [-0.2, 0) is 0 Å². The lowest BCUT2D eigenvalue weighted by molar-refractivity contribution is 0.663. The van der Waals surface area contributed by atoms with E-state index in [9.17, 15) is 0 Å². The highest BCUT2D eigenvalue weighted by Crippen LogP contribution is 2.47. The first-order valence-corrected chi connectivity index (χ1v) is 20.2. The second kappa shape index (κ2) is 11.7. The molecule has 0 aliphatic heterocycles. The molecule has 57 heavy (non-hydrogen) atoms. The van der Waals surface area contributed by atoms with Crippen LogP contribution in [-0.4, -0.2) is 0 Å². The Balaban J connectivity index is 1.00. The van der Waals surface area contributed by atoms with E-state index in [1.54, 1.807) is 0 Å². The summed E-state index contributed by atoms with van der Waals surface area (Å²) in [7, 11) is 0. The number of hydrogen-bond acceptors (Lipinski definition) is 3. The van der Waals surface area contributed by atoms with Gasteiger partial charge in [0.2, 0.25) is 0 Å². The molecule has 264 valence electrons. The Morgan fingerprint density at radius 3 is 1.49 bits per heavy atom. The molecule has 10 aromatic carbocycles. The van der Waals surface area contributed by atoms with Gasteiger partial charge in [-0.1, -0.05) is 140 Å². The van der Waals surface area contributed by atoms with Gasteiger partial charge in [0.05, 0.1) is 0 Å². The van der Waals surface area contributed by atoms with Crippen LogP contribution < -0.4 is 0 Å². The molecule has 3 aromatic heterocycles. The largest absolute Gasteiger partial charge is 0.456 e. The lowest BCUT2D eigenvalue weighted by Gasteiger charge is -2.18. The lowest BCUT2D eigenvalue weighted by atomic mass is 9.85. The Morgan fingerprint density at radius 2 is 0.772 bits per heavy atom. The van der Waals surface area contributed by atoms with Crippen LogP contribution in [0.3, 0.4) is 0 Å². The molecule has 0 unspecified atom stereocenters. The van der Waals surface area contributed by atoms with E-state index >= 15 is 0 Å². The van der Waals surface area contributed by atoms with Gasteiger partial charge in [-0.2, -0.15) is 0 Å². The minimum absolute atomic E-state index is 0.868. The Kier molecular flexibility index (Phi) is 6.35. The maximum atomic E-state index is 6.69. The Bertz CT molecular complexity index is 3750. The summed E-state index contributed by atoms with van der Waals surface area (Å²) in [6.45, 7) is 0. The zero-order chi connectivity index (χ0) is 37.2. The van der Waals surface area contributed by atoms with Crippen LogP contribution in [0.15, 0.2) is 191 Å². The van der Waals surface area contributed by atoms with Crippen molar-refractivity contribution < 1.29 is 8.83 Å². The van der Waals surface area contributed by atoms with Crippen molar-refractivity contribution in [1.29, 1.82) is 0 Å². The third-order valence-corrected chi connectivity index (χ3v) is 13.2. The van der Waals surface area contributed by atoms with Crippen LogP contribution in [0.2, 0.25) is 0 Å². The molecule has 3 heterocycles. The van der Waals surface area contributed by atoms with Crippen molar-refractivity contribution >= 4 is 108 Å². The van der Waals surface area contributed by atoms with Gasteiger partial charge in [0.25, 0.3) is 0 Å². The fourth-order valence-electron chi connectivity index (χ4n) is 9.62. The molecule has 13 rings (SSSR count). The van der Waals surface area contributed by atoms with E-state index in [1.807, 2.05) is 35.6 Å². The van der Waals surface area contributed by atoms with Crippen LogP contribution in [0.1, 0.15) is 0 Å². The summed E-state index contributed by atoms with van der Waals surface area (Å²) in [6.07, 6.45) is 0. The van der Waals surface area contributed by atoms with Gasteiger partial charge < -0.3 is 8.83 Å². The van der Waals surface area contributed by atoms with E-state index in [0.29, 0.717) is 0 Å². The van der Waals surface area contributed by atoms with E-state index in [0.717, 1.165) is 55.0 Å². The topological polar surface area (TPSA) is 26.3 Å². The molecule has 0 saturated heterocycles. The molecule has 13 aromatic rings. The molecule has 0 saturated carbocycles. The highest BCUT2D eigenvalue weighted by atomic mass is 32.1. The fourth-order valence-corrected chi connectivity index (χ4v) is 10.7. The van der Waals surface area contributed by atoms with Crippen LogP contribution in [0.5, 0.6) is 0 Å². The fraction of sp³-hybridized carbons (Fsp3) is 0. The van der Waals surface area contributed by atoms with E-state index in [2.05, 4.69) is 158 Å². The smallest absolute Gasteiger partial charge is 0.136 e. The Labute approximate surface area is 330 Å². The SMILES string of the molecule is c1ccc2c(c1)oc1ccc3oc4cc(-c5ccc(-c6c7ccccc7c(-c7ccc8sc9ccccc9c8c7)c7ccccc67)cc5)c5ccccc5c4c3c12. The second-order valence-electron chi connectivity index (χ2n) is 15.1. The quantitative estimate of drug-likeness (QED) is 0.169. The van der Waals surface area contributed by atoms with Gasteiger partial charge in [-0.3, -0.25) is 0 Å². The van der Waals surface area contributed by atoms with Gasteiger partial charge in [0.15, 0.2) is 0 Å². The normalized spacial score (nSPS) is 12.2. The highest BCUT2D eigenvalue weighted by Gasteiger charge is 2.21. The van der Waals surface area contributed by atoms with Crippen LogP contribution in [0.4, 0.5) is 0 Å². The van der Waals surface area contributed by atoms with E-state index in [4.69, 9.17) is 8.83 Å². The minimum atomic E-state index is 0.868. The van der Waals surface area contributed by atoms with Gasteiger partial charge in [-0.15, -0.1) is 11.3 Å². The molecule has 0 spiro atoms. The third-order valence-electron chi connectivity index (χ3n) is 12.1. The van der Waals surface area contributed by atoms with Gasteiger partial charge in [0, 0.05) is 41.7 Å². The average Bonchev–Trinajstić information content (AvgIpc) is 3.96. The predicted octanol–water partition coefficient (Wildman–Crippen LogP) is 16.3. The molecular formula is C54H30O2S. The van der Waals surface area contributed by atoms with Gasteiger partial charge in [-0.25, -0.2) is 0 Å². The maximum absolute atomic E-state index is 6.69. The molecule has 2 nitrogen and oxygen atoms in total. The highest BCUT2D eigenvalue weighted by molar-refractivity contribution is 7.25. The van der Waals surface area contributed by atoms with Crippen molar-refractivity contribution in [2.45, 2.75) is 0 Å². The average molecular weight is 743 g/mol. The van der Waals surface area contributed by atoms with Gasteiger partial charge in [-0.05, 0) is 108 Å². The maximum Gasteiger partial charge on any atom is 0.136 e. The monoisotopic (exact) mass is 742 g/mol. The number of benzene rings is 10. The molecule has 0 atom stereocenters. The Hall–Kier alpha value is -7.20. The summed E-state index contributed by atoms with van der Waals surface area (Å²) < 4.78 is 15.6. The number of rotatable bonds is 3. The predicted molar refractivity (Wildman–Crippen MR) is 243 cm³/mol. The molecule has 0 bridgehead atoms. The van der Waals surface area contributed by atoms with Crippen molar-refractivity contribution in [3.05, 3.63) is 182 Å². The van der Waals surface area contributed by atoms with E-state index in [1.165, 1.54) is 74.7 Å². The number of thiophene rings is 1. The number of furan rings is 2. The second-order valence-corrected chi connectivity index (χ2v) is 16.2. The molecular weight excluding hydrogens is 713 g/mol. The summed E-state index contributed by atoms with van der Waals surface area (Å²) >= 11 is 1.87. The number of fused-ring (bicyclic) bond motifs is 14. The number of hydrogen-bond donors (Lipinski definition) is 0. The zero-order valence-corrected chi connectivity index (χ0v) is 31.4. The summed E-state index contributed by atoms with van der Waals surface area (Å²) in [6, 6.07) is 66.1. The summed E-state index contributed by atoms with van der Waals surface area (Å²) in [5.74, 6) is 0. The molecule has 0 amide bonds. The van der Waals surface area contributed by atoms with Crippen LogP contribution >= 0.6 is 11.3 Å². The molecule has 0 N–H and O–H groups in total. The standard InChI is InChI=1S/C54H30O2S/c1-2-13-36-34(11-1)42(30-47-52(36)54-46(56-47)27-26-45-53(54)41-18-7-9-19-44(41)55-45)31-21-23-32(24-22-31)50-37-14-3-5-16-39(37)51(40-17-6-4-15-38(40)50)33-25-28-49-43(29-33)35-12-8-10-20-48(35)57-49/h1-30H. The molecule has 0 radical (unpaired) electrons. The van der Waals surface area contributed by atoms with E-state index in [-0.39, 0.29) is 0 Å². The first-order chi connectivity index (χ1) is 28.3. The summed E-state index contributed by atoms with van der Waals surface area (Å²) in [4.78, 5) is 0. The molecule has 0 fully saturated rings. The summed E-state index contributed by atoms with van der Waals surface area (Å²) in [5.41, 5.74) is 10.8. The Morgan fingerprint density at radius 1 is 0.281 bits per heavy atom. The number of para-hydroxylation sites is 1. The molecule has 0 aliphatic carbocycles. The van der Waals surface area contributed by atoms with Crippen molar-refractivity contribution in [2.75, 3.05) is 0 Å². The van der Waals surface area contributed by atoms with Crippen molar-refractivity contribution in [2.24, 2.45) is 0 Å². The van der Waals surface area contributed by atoms with Crippen molar-refractivity contribution in [1.82, 2.24) is 0 Å². The van der Waals surface area contributed by atoms with Gasteiger partial charge >= 0.3 is 0 Å². The van der Waals surface area contributed by atoms with Gasteiger partial charge in [0.1, 0.15) is 22.3 Å². The first kappa shape index (κ1) is 31.1. The van der Waals surface area contributed by atoms with Crippen molar-refractivity contribution in [3.63, 3.8) is 0 Å². The summed E-state index contributed by atoms with van der Waals surface area (Å²) in [5, 5.41) is 14.5. The molecule has 0 aliphatic rings.